The van der Waals surface area contributed by atoms with Crippen molar-refractivity contribution in [1.82, 2.24) is 15.5 Å². The average molecular weight is 337 g/mol. The van der Waals surface area contributed by atoms with Gasteiger partial charge in [-0.3, -0.25) is 5.10 Å². The molecule has 0 aliphatic carbocycles. The number of benzene rings is 2. The maximum atomic E-state index is 10.3. The van der Waals surface area contributed by atoms with E-state index in [2.05, 4.69) is 15.5 Å². The molecule has 0 saturated heterocycles. The number of ether oxygens (including phenoxy) is 1. The lowest BCUT2D eigenvalue weighted by molar-refractivity contribution is 0.174. The summed E-state index contributed by atoms with van der Waals surface area (Å²) in [5.74, 6) is 0.823. The lowest BCUT2D eigenvalue weighted by Crippen LogP contribution is -2.21. The number of aryl methyl sites for hydroxylation is 1. The van der Waals surface area contributed by atoms with Gasteiger partial charge >= 0.3 is 0 Å². The molecule has 0 bridgehead atoms. The number of aromatic nitrogens is 2. The Balaban J connectivity index is 1.60. The van der Waals surface area contributed by atoms with Crippen molar-refractivity contribution in [3.63, 3.8) is 0 Å². The summed E-state index contributed by atoms with van der Waals surface area (Å²) in [6.07, 6.45) is 1.28. The average Bonchev–Trinajstić information content (AvgIpc) is 3.11. The molecule has 5 nitrogen and oxygen atoms in total. The Morgan fingerprint density at radius 2 is 1.84 bits per heavy atom. The van der Waals surface area contributed by atoms with Crippen molar-refractivity contribution in [2.45, 2.75) is 19.6 Å². The largest absolute Gasteiger partial charge is 0.497 e. The van der Waals surface area contributed by atoms with Gasteiger partial charge in [0.15, 0.2) is 0 Å². The van der Waals surface area contributed by atoms with Crippen LogP contribution in [0.5, 0.6) is 5.75 Å². The molecule has 0 aliphatic rings. The minimum absolute atomic E-state index is 0.482. The van der Waals surface area contributed by atoms with Gasteiger partial charge in [-0.2, -0.15) is 5.10 Å². The van der Waals surface area contributed by atoms with E-state index in [4.69, 9.17) is 4.74 Å². The molecule has 0 spiro atoms. The predicted molar refractivity (Wildman–Crippen MR) is 98.4 cm³/mol. The first-order valence-corrected chi connectivity index (χ1v) is 8.29. The highest BCUT2D eigenvalue weighted by atomic mass is 16.5. The van der Waals surface area contributed by atoms with Gasteiger partial charge in [0.25, 0.3) is 0 Å². The Hall–Kier alpha value is -2.63. The summed E-state index contributed by atoms with van der Waals surface area (Å²) < 4.78 is 5.19. The highest BCUT2D eigenvalue weighted by molar-refractivity contribution is 5.63. The van der Waals surface area contributed by atoms with Crippen LogP contribution in [-0.4, -0.2) is 29.0 Å². The van der Waals surface area contributed by atoms with Crippen molar-refractivity contribution in [2.24, 2.45) is 0 Å². The van der Waals surface area contributed by atoms with Crippen molar-refractivity contribution >= 4 is 0 Å². The van der Waals surface area contributed by atoms with Gasteiger partial charge in [-0.05, 0) is 36.8 Å². The number of aliphatic hydroxyl groups is 1. The summed E-state index contributed by atoms with van der Waals surface area (Å²) >= 11 is 0. The number of hydrogen-bond acceptors (Lipinski definition) is 4. The number of nitrogens with zero attached hydrogens (tertiary/aromatic N) is 1. The Bertz CT molecular complexity index is 795. The van der Waals surface area contributed by atoms with Gasteiger partial charge in [-0.15, -0.1) is 0 Å². The molecule has 1 heterocycles. The van der Waals surface area contributed by atoms with Crippen LogP contribution in [0.4, 0.5) is 0 Å². The number of H-pyrrole nitrogens is 1. The van der Waals surface area contributed by atoms with Gasteiger partial charge in [0, 0.05) is 24.2 Å². The van der Waals surface area contributed by atoms with Crippen LogP contribution in [0, 0.1) is 6.92 Å². The van der Waals surface area contributed by atoms with Crippen molar-refractivity contribution < 1.29 is 9.84 Å². The van der Waals surface area contributed by atoms with Crippen LogP contribution in [0.1, 0.15) is 22.8 Å². The van der Waals surface area contributed by atoms with Crippen molar-refractivity contribution in [2.75, 3.05) is 13.7 Å². The minimum atomic E-state index is -0.531. The zero-order valence-corrected chi connectivity index (χ0v) is 14.5. The van der Waals surface area contributed by atoms with Crippen molar-refractivity contribution in [1.29, 1.82) is 0 Å². The van der Waals surface area contributed by atoms with Crippen molar-refractivity contribution in [3.05, 3.63) is 71.4 Å². The Labute approximate surface area is 147 Å². The normalized spacial score (nSPS) is 12.1. The molecule has 3 aromatic rings. The smallest absolute Gasteiger partial charge is 0.118 e. The topological polar surface area (TPSA) is 70.2 Å². The summed E-state index contributed by atoms with van der Waals surface area (Å²) in [7, 11) is 1.65. The second kappa shape index (κ2) is 7.96. The van der Waals surface area contributed by atoms with Gasteiger partial charge in [-0.25, -0.2) is 0 Å². The molecule has 0 saturated carbocycles. The summed E-state index contributed by atoms with van der Waals surface area (Å²) in [4.78, 5) is 0. The maximum absolute atomic E-state index is 10.3. The fourth-order valence-electron chi connectivity index (χ4n) is 2.70. The number of nitrogens with one attached hydrogen (secondary N) is 2. The van der Waals surface area contributed by atoms with Crippen LogP contribution in [-0.2, 0) is 6.54 Å². The summed E-state index contributed by atoms with van der Waals surface area (Å²) in [6, 6.07) is 15.8. The van der Waals surface area contributed by atoms with E-state index in [1.807, 2.05) is 61.7 Å². The Kier molecular flexibility index (Phi) is 5.48. The lowest BCUT2D eigenvalue weighted by Gasteiger charge is -2.13. The third-order valence-electron chi connectivity index (χ3n) is 4.21. The zero-order chi connectivity index (χ0) is 17.6. The van der Waals surface area contributed by atoms with E-state index in [0.717, 1.165) is 28.1 Å². The van der Waals surface area contributed by atoms with Gasteiger partial charge in [0.2, 0.25) is 0 Å². The number of aromatic amines is 1. The third kappa shape index (κ3) is 4.26. The van der Waals surface area contributed by atoms with Gasteiger partial charge in [0.05, 0.1) is 25.1 Å². The van der Waals surface area contributed by atoms with E-state index in [-0.39, 0.29) is 0 Å². The maximum Gasteiger partial charge on any atom is 0.118 e. The second-order valence-corrected chi connectivity index (χ2v) is 6.06. The first-order valence-electron chi connectivity index (χ1n) is 8.29. The van der Waals surface area contributed by atoms with Gasteiger partial charge in [0.1, 0.15) is 5.75 Å². The molecule has 1 atom stereocenters. The lowest BCUT2D eigenvalue weighted by atomic mass is 10.1. The molecule has 130 valence electrons. The number of methoxy groups -OCH3 is 1. The van der Waals surface area contributed by atoms with Crippen molar-refractivity contribution in [3.8, 4) is 17.0 Å². The molecule has 25 heavy (non-hydrogen) atoms. The highest BCUT2D eigenvalue weighted by Gasteiger charge is 2.10. The standard InChI is InChI=1S/C20H23N3O2/c1-14-3-5-15(6-4-14)19(24)13-21-11-17-12-22-23-20(17)16-7-9-18(25-2)10-8-16/h3-10,12,19,21,24H,11,13H2,1-2H3,(H,22,23)/t19-/m0/s1. The van der Waals surface area contributed by atoms with Crippen LogP contribution in [0.15, 0.2) is 54.7 Å². The molecular weight excluding hydrogens is 314 g/mol. The van der Waals surface area contributed by atoms with Gasteiger partial charge in [-0.1, -0.05) is 29.8 Å². The molecule has 0 fully saturated rings. The number of hydrogen-bond donors (Lipinski definition) is 3. The summed E-state index contributed by atoms with van der Waals surface area (Å²) in [6.45, 7) is 3.14. The van der Waals surface area contributed by atoms with E-state index in [9.17, 15) is 5.11 Å². The fraction of sp³-hybridized carbons (Fsp3) is 0.250. The summed E-state index contributed by atoms with van der Waals surface area (Å²) in [5.41, 5.74) is 5.18. The summed E-state index contributed by atoms with van der Waals surface area (Å²) in [5, 5.41) is 20.8. The van der Waals surface area contributed by atoms with E-state index in [1.165, 1.54) is 5.56 Å². The molecule has 1 aromatic heterocycles. The van der Waals surface area contributed by atoms with Crippen LogP contribution in [0.25, 0.3) is 11.3 Å². The third-order valence-corrected chi connectivity index (χ3v) is 4.21. The molecule has 5 heteroatoms. The minimum Gasteiger partial charge on any atom is -0.497 e. The fourth-order valence-corrected chi connectivity index (χ4v) is 2.70. The quantitative estimate of drug-likeness (QED) is 0.619. The molecule has 0 amide bonds. The first-order chi connectivity index (χ1) is 12.2. The van der Waals surface area contributed by atoms with Crippen LogP contribution < -0.4 is 10.1 Å². The predicted octanol–water partition coefficient (Wildman–Crippen LogP) is 3.22. The van der Waals surface area contributed by atoms with Crippen LogP contribution in [0.2, 0.25) is 0 Å². The highest BCUT2D eigenvalue weighted by Crippen LogP contribution is 2.23. The SMILES string of the molecule is COc1ccc(-c2[nH]ncc2CNC[C@H](O)c2ccc(C)cc2)cc1. The molecular formula is C20H23N3O2. The second-order valence-electron chi connectivity index (χ2n) is 6.06. The van der Waals surface area contributed by atoms with E-state index < -0.39 is 6.10 Å². The van der Waals surface area contributed by atoms with Crippen LogP contribution in [0.3, 0.4) is 0 Å². The monoisotopic (exact) mass is 337 g/mol. The molecule has 0 radical (unpaired) electrons. The van der Waals surface area contributed by atoms with E-state index in [1.54, 1.807) is 7.11 Å². The Morgan fingerprint density at radius 1 is 1.12 bits per heavy atom. The zero-order valence-electron chi connectivity index (χ0n) is 14.5. The molecule has 0 aliphatic heterocycles. The van der Waals surface area contributed by atoms with Crippen LogP contribution >= 0.6 is 0 Å². The van der Waals surface area contributed by atoms with E-state index in [0.29, 0.717) is 13.1 Å². The first kappa shape index (κ1) is 17.2. The molecule has 3 N–H and O–H groups in total. The van der Waals surface area contributed by atoms with Gasteiger partial charge < -0.3 is 15.2 Å². The molecule has 2 aromatic carbocycles. The molecule has 3 rings (SSSR count). The Morgan fingerprint density at radius 3 is 2.52 bits per heavy atom. The molecule has 0 unspecified atom stereocenters. The number of rotatable bonds is 7. The van der Waals surface area contributed by atoms with E-state index >= 15 is 0 Å². The number of aliphatic hydroxyl groups excluding tert-OH is 1.